The van der Waals surface area contributed by atoms with Crippen molar-refractivity contribution < 1.29 is 19.1 Å². The van der Waals surface area contributed by atoms with Gasteiger partial charge in [-0.2, -0.15) is 0 Å². The lowest BCUT2D eigenvalue weighted by Gasteiger charge is -2.30. The molecule has 0 amide bonds. The number of hydrogen-bond acceptors (Lipinski definition) is 9. The number of nitrogens with zero attached hydrogens (tertiary/aromatic N) is 4. The molecule has 0 aromatic carbocycles. The second-order valence-electron chi connectivity index (χ2n) is 7.99. The smallest absolute Gasteiger partial charge is 0.474 e. The second-order valence-corrected chi connectivity index (χ2v) is 8.42. The Morgan fingerprint density at radius 1 is 1.20 bits per heavy atom. The normalized spacial score (nSPS) is 15.5. The minimum absolute atomic E-state index is 0.0402. The van der Waals surface area contributed by atoms with E-state index in [0.29, 0.717) is 48.5 Å². The first kappa shape index (κ1) is 22.0. The van der Waals surface area contributed by atoms with E-state index in [4.69, 9.17) is 25.9 Å². The van der Waals surface area contributed by atoms with E-state index >= 15 is 0 Å². The molecular formula is C20H26ClN5O4. The molecule has 0 bridgehead atoms. The van der Waals surface area contributed by atoms with Crippen LogP contribution in [-0.4, -0.2) is 51.0 Å². The van der Waals surface area contributed by atoms with E-state index in [2.05, 4.69) is 20.3 Å². The summed E-state index contributed by atoms with van der Waals surface area (Å²) in [6.07, 6.45) is 3.65. The molecule has 0 unspecified atom stereocenters. The molecule has 0 radical (unpaired) electrons. The van der Waals surface area contributed by atoms with E-state index < -0.39 is 11.8 Å². The van der Waals surface area contributed by atoms with Crippen LogP contribution >= 0.6 is 11.6 Å². The van der Waals surface area contributed by atoms with E-state index in [9.17, 15) is 4.79 Å². The molecule has 9 nitrogen and oxygen atoms in total. The van der Waals surface area contributed by atoms with Crippen molar-refractivity contribution in [3.8, 4) is 5.88 Å². The number of piperidine rings is 1. The summed E-state index contributed by atoms with van der Waals surface area (Å²) >= 11 is 5.95. The molecule has 0 spiro atoms. The Morgan fingerprint density at radius 3 is 2.60 bits per heavy atom. The molecule has 1 N–H and O–H groups in total. The summed E-state index contributed by atoms with van der Waals surface area (Å²) in [7, 11) is 0. The Morgan fingerprint density at radius 2 is 1.93 bits per heavy atom. The molecule has 1 saturated heterocycles. The summed E-state index contributed by atoms with van der Waals surface area (Å²) in [6.45, 7) is 8.39. The van der Waals surface area contributed by atoms with Crippen LogP contribution in [0.1, 0.15) is 39.2 Å². The van der Waals surface area contributed by atoms with Crippen molar-refractivity contribution in [2.45, 2.75) is 52.2 Å². The second kappa shape index (κ2) is 9.44. The summed E-state index contributed by atoms with van der Waals surface area (Å²) in [5.41, 5.74) is 0.318. The fraction of sp³-hybridized carbons (Fsp3) is 0.500. The maximum Gasteiger partial charge on any atom is 0.528 e. The molecule has 0 aliphatic carbocycles. The van der Waals surface area contributed by atoms with Crippen molar-refractivity contribution in [2.75, 3.05) is 18.4 Å². The van der Waals surface area contributed by atoms with Crippen LogP contribution in [0.2, 0.25) is 5.02 Å². The number of carbonyl (C=O) groups excluding carboxylic acids is 1. The van der Waals surface area contributed by atoms with Crippen molar-refractivity contribution in [2.24, 2.45) is 0 Å². The molecule has 1 aliphatic rings. The van der Waals surface area contributed by atoms with Gasteiger partial charge in [-0.3, -0.25) is 0 Å². The van der Waals surface area contributed by atoms with Crippen LogP contribution in [0.4, 0.5) is 16.4 Å². The van der Waals surface area contributed by atoms with Crippen LogP contribution < -0.4 is 10.1 Å². The number of aromatic nitrogens is 3. The molecule has 3 rings (SSSR count). The van der Waals surface area contributed by atoms with Crippen LogP contribution in [0.15, 0.2) is 24.7 Å². The van der Waals surface area contributed by atoms with Gasteiger partial charge in [0.25, 0.3) is 0 Å². The van der Waals surface area contributed by atoms with E-state index in [1.807, 2.05) is 13.0 Å². The fourth-order valence-corrected chi connectivity index (χ4v) is 3.06. The number of hydroxylamine groups is 2. The largest absolute Gasteiger partial charge is 0.528 e. The number of halogens is 1. The molecule has 30 heavy (non-hydrogen) atoms. The van der Waals surface area contributed by atoms with Gasteiger partial charge in [0.15, 0.2) is 0 Å². The lowest BCUT2D eigenvalue weighted by molar-refractivity contribution is -0.159. The van der Waals surface area contributed by atoms with Gasteiger partial charge >= 0.3 is 6.16 Å². The third-order valence-corrected chi connectivity index (χ3v) is 4.42. The molecule has 10 heteroatoms. The van der Waals surface area contributed by atoms with Crippen molar-refractivity contribution in [3.05, 3.63) is 35.2 Å². The minimum atomic E-state index is -0.695. The first-order chi connectivity index (χ1) is 14.2. The van der Waals surface area contributed by atoms with Crippen LogP contribution in [-0.2, 0) is 9.57 Å². The SMILES string of the molecule is Cc1cc(Cl)cnc1Nc1cc(OC2CCN(OC(=O)OC(C)(C)C)CC2)ncn1. The molecular weight excluding hydrogens is 410 g/mol. The van der Waals surface area contributed by atoms with Crippen molar-refractivity contribution >= 4 is 29.4 Å². The van der Waals surface area contributed by atoms with Crippen molar-refractivity contribution in [1.29, 1.82) is 0 Å². The van der Waals surface area contributed by atoms with Crippen molar-refractivity contribution in [1.82, 2.24) is 20.0 Å². The average molecular weight is 436 g/mol. The molecule has 2 aromatic heterocycles. The number of ether oxygens (including phenoxy) is 2. The highest BCUT2D eigenvalue weighted by atomic mass is 35.5. The highest BCUT2D eigenvalue weighted by Crippen LogP contribution is 2.23. The maximum absolute atomic E-state index is 11.8. The Bertz CT molecular complexity index is 882. The van der Waals surface area contributed by atoms with Gasteiger partial charge in [0.05, 0.1) is 5.02 Å². The molecule has 3 heterocycles. The lowest BCUT2D eigenvalue weighted by Crippen LogP contribution is -2.40. The number of rotatable bonds is 5. The van der Waals surface area contributed by atoms with Crippen molar-refractivity contribution in [3.63, 3.8) is 0 Å². The maximum atomic E-state index is 11.8. The molecule has 2 aromatic rings. The van der Waals surface area contributed by atoms with Gasteiger partial charge in [0.1, 0.15) is 29.7 Å². The van der Waals surface area contributed by atoms with Gasteiger partial charge < -0.3 is 19.6 Å². The number of anilines is 2. The highest BCUT2D eigenvalue weighted by Gasteiger charge is 2.26. The Hall–Kier alpha value is -2.65. The molecule has 0 atom stereocenters. The Kier molecular flexibility index (Phi) is 6.94. The number of carbonyl (C=O) groups is 1. The number of pyridine rings is 1. The summed E-state index contributed by atoms with van der Waals surface area (Å²) in [5, 5.41) is 5.31. The standard InChI is InChI=1S/C20H26ClN5O4/c1-13-9-14(21)11-22-18(13)25-16-10-17(24-12-23-16)28-15-5-7-26(8-6-15)30-19(27)29-20(2,3)4/h9-12,15H,5-8H2,1-4H3,(H,22,23,24,25). The monoisotopic (exact) mass is 435 g/mol. The fourth-order valence-electron chi connectivity index (χ4n) is 2.85. The van der Waals surface area contributed by atoms with Gasteiger partial charge in [-0.25, -0.2) is 19.7 Å². The zero-order valence-electron chi connectivity index (χ0n) is 17.5. The summed E-state index contributed by atoms with van der Waals surface area (Å²) in [4.78, 5) is 29.7. The van der Waals surface area contributed by atoms with Crippen LogP contribution in [0.5, 0.6) is 5.88 Å². The van der Waals surface area contributed by atoms with Gasteiger partial charge in [0.2, 0.25) is 5.88 Å². The van der Waals surface area contributed by atoms with Gasteiger partial charge in [-0.1, -0.05) is 11.6 Å². The minimum Gasteiger partial charge on any atom is -0.474 e. The van der Waals surface area contributed by atoms with Gasteiger partial charge in [0, 0.05) is 38.2 Å². The number of hydrogen-bond donors (Lipinski definition) is 1. The summed E-state index contributed by atoms with van der Waals surface area (Å²) in [5.74, 6) is 1.70. The third-order valence-electron chi connectivity index (χ3n) is 4.21. The van der Waals surface area contributed by atoms with Crippen LogP contribution in [0.3, 0.4) is 0 Å². The van der Waals surface area contributed by atoms with Gasteiger partial charge in [-0.05, 0) is 39.3 Å². The van der Waals surface area contributed by atoms with E-state index in [1.165, 1.54) is 6.33 Å². The van der Waals surface area contributed by atoms with E-state index in [0.717, 1.165) is 5.56 Å². The van der Waals surface area contributed by atoms with E-state index in [1.54, 1.807) is 38.1 Å². The molecule has 1 aliphatic heterocycles. The molecule has 0 saturated carbocycles. The zero-order chi connectivity index (χ0) is 21.7. The first-order valence-electron chi connectivity index (χ1n) is 9.72. The predicted octanol–water partition coefficient (Wildman–Crippen LogP) is 4.29. The van der Waals surface area contributed by atoms with Crippen LogP contribution in [0, 0.1) is 6.92 Å². The topological polar surface area (TPSA) is 98.7 Å². The summed E-state index contributed by atoms with van der Waals surface area (Å²) in [6, 6.07) is 3.54. The Labute approximate surface area is 180 Å². The number of nitrogens with one attached hydrogen (secondary N) is 1. The zero-order valence-corrected chi connectivity index (χ0v) is 18.3. The van der Waals surface area contributed by atoms with Gasteiger partial charge in [-0.15, -0.1) is 5.06 Å². The average Bonchev–Trinajstić information content (AvgIpc) is 2.64. The predicted molar refractivity (Wildman–Crippen MR) is 112 cm³/mol. The summed E-state index contributed by atoms with van der Waals surface area (Å²) < 4.78 is 11.2. The third kappa shape index (κ3) is 6.70. The quantitative estimate of drug-likeness (QED) is 0.689. The lowest BCUT2D eigenvalue weighted by atomic mass is 10.1. The highest BCUT2D eigenvalue weighted by molar-refractivity contribution is 6.30. The van der Waals surface area contributed by atoms with E-state index in [-0.39, 0.29) is 6.10 Å². The molecule has 162 valence electrons. The Balaban J connectivity index is 1.50. The molecule has 1 fully saturated rings. The van der Waals surface area contributed by atoms with Crippen LogP contribution in [0.25, 0.3) is 0 Å². The first-order valence-corrected chi connectivity index (χ1v) is 10.1. The number of aryl methyl sites for hydroxylation is 1.